The quantitative estimate of drug-likeness (QED) is 0.674. The molecule has 0 radical (unpaired) electrons. The second-order valence-corrected chi connectivity index (χ2v) is 4.33. The maximum absolute atomic E-state index is 11.2. The van der Waals surface area contributed by atoms with Gasteiger partial charge in [-0.25, -0.2) is 0 Å². The third kappa shape index (κ3) is 1.85. The van der Waals surface area contributed by atoms with Crippen molar-refractivity contribution in [3.05, 3.63) is 5.01 Å². The van der Waals surface area contributed by atoms with E-state index in [0.717, 1.165) is 23.1 Å². The number of aryl methyl sites for hydroxylation is 1. The summed E-state index contributed by atoms with van der Waals surface area (Å²) in [5.41, 5.74) is 0. The molecule has 0 N–H and O–H groups in total. The molecule has 0 unspecified atom stereocenters. The molecule has 0 amide bonds. The molecular formula is C8H11N3OS. The van der Waals surface area contributed by atoms with Gasteiger partial charge in [0, 0.05) is 13.0 Å². The minimum absolute atomic E-state index is 0.305. The third-order valence-electron chi connectivity index (χ3n) is 2.04. The molecule has 1 aromatic rings. The zero-order valence-electron chi connectivity index (χ0n) is 7.49. The molecule has 0 saturated carbocycles. The SMILES string of the molecule is Cc1nnc(N2CCCC(=O)C2)s1. The summed E-state index contributed by atoms with van der Waals surface area (Å²) in [5.74, 6) is 0.305. The van der Waals surface area contributed by atoms with Gasteiger partial charge in [0.15, 0.2) is 5.78 Å². The molecule has 0 aromatic carbocycles. The Morgan fingerprint density at radius 1 is 1.46 bits per heavy atom. The standard InChI is InChI=1S/C8H11N3OS/c1-6-9-10-8(13-6)11-4-2-3-7(12)5-11/h2-5H2,1H3. The topological polar surface area (TPSA) is 46.1 Å². The number of aromatic nitrogens is 2. The first kappa shape index (κ1) is 8.62. The average Bonchev–Trinajstić information content (AvgIpc) is 2.52. The highest BCUT2D eigenvalue weighted by atomic mass is 32.1. The van der Waals surface area contributed by atoms with Gasteiger partial charge < -0.3 is 4.90 Å². The van der Waals surface area contributed by atoms with Gasteiger partial charge in [-0.1, -0.05) is 11.3 Å². The van der Waals surface area contributed by atoms with Gasteiger partial charge in [-0.15, -0.1) is 10.2 Å². The number of anilines is 1. The Bertz CT molecular complexity index is 323. The number of rotatable bonds is 1. The highest BCUT2D eigenvalue weighted by molar-refractivity contribution is 7.15. The molecule has 70 valence electrons. The Kier molecular flexibility index (Phi) is 2.26. The number of hydrogen-bond donors (Lipinski definition) is 0. The van der Waals surface area contributed by atoms with Crippen LogP contribution in [0.1, 0.15) is 17.8 Å². The molecule has 1 saturated heterocycles. The van der Waals surface area contributed by atoms with Crippen LogP contribution in [-0.2, 0) is 4.79 Å². The smallest absolute Gasteiger partial charge is 0.208 e. The predicted octanol–water partition coefficient (Wildman–Crippen LogP) is 1.02. The second-order valence-electron chi connectivity index (χ2n) is 3.17. The zero-order valence-corrected chi connectivity index (χ0v) is 8.30. The van der Waals surface area contributed by atoms with E-state index in [4.69, 9.17) is 0 Å². The number of ketones is 1. The molecule has 0 spiro atoms. The molecule has 1 aliphatic rings. The van der Waals surface area contributed by atoms with Crippen molar-refractivity contribution in [2.45, 2.75) is 19.8 Å². The van der Waals surface area contributed by atoms with Crippen LogP contribution >= 0.6 is 11.3 Å². The fourth-order valence-electron chi connectivity index (χ4n) is 1.42. The zero-order chi connectivity index (χ0) is 9.26. The molecule has 0 atom stereocenters. The Morgan fingerprint density at radius 3 is 2.92 bits per heavy atom. The fraction of sp³-hybridized carbons (Fsp3) is 0.625. The Morgan fingerprint density at radius 2 is 2.31 bits per heavy atom. The molecule has 13 heavy (non-hydrogen) atoms. The molecule has 1 aromatic heterocycles. The van der Waals surface area contributed by atoms with Gasteiger partial charge in [0.1, 0.15) is 5.01 Å². The molecule has 2 heterocycles. The van der Waals surface area contributed by atoms with Crippen molar-refractivity contribution in [2.24, 2.45) is 0 Å². The van der Waals surface area contributed by atoms with Crippen molar-refractivity contribution in [3.63, 3.8) is 0 Å². The van der Waals surface area contributed by atoms with Crippen molar-refractivity contribution in [2.75, 3.05) is 18.0 Å². The Hall–Kier alpha value is -0.970. The van der Waals surface area contributed by atoms with Gasteiger partial charge in [-0.2, -0.15) is 0 Å². The molecule has 1 fully saturated rings. The summed E-state index contributed by atoms with van der Waals surface area (Å²) >= 11 is 1.55. The van der Waals surface area contributed by atoms with Crippen molar-refractivity contribution in [3.8, 4) is 0 Å². The van der Waals surface area contributed by atoms with Crippen LogP contribution in [0.4, 0.5) is 5.13 Å². The van der Waals surface area contributed by atoms with Crippen LogP contribution in [0.3, 0.4) is 0 Å². The van der Waals surface area contributed by atoms with Crippen LogP contribution in [0, 0.1) is 6.92 Å². The minimum atomic E-state index is 0.305. The van der Waals surface area contributed by atoms with Crippen molar-refractivity contribution < 1.29 is 4.79 Å². The highest BCUT2D eigenvalue weighted by Gasteiger charge is 2.19. The van der Waals surface area contributed by atoms with Gasteiger partial charge >= 0.3 is 0 Å². The summed E-state index contributed by atoms with van der Waals surface area (Å²) in [6, 6.07) is 0. The van der Waals surface area contributed by atoms with E-state index in [1.165, 1.54) is 0 Å². The van der Waals surface area contributed by atoms with Gasteiger partial charge in [-0.05, 0) is 13.3 Å². The Balaban J connectivity index is 2.12. The average molecular weight is 197 g/mol. The van der Waals surface area contributed by atoms with Gasteiger partial charge in [0.25, 0.3) is 0 Å². The van der Waals surface area contributed by atoms with E-state index >= 15 is 0 Å². The van der Waals surface area contributed by atoms with Crippen molar-refractivity contribution in [1.29, 1.82) is 0 Å². The van der Waals surface area contributed by atoms with Crippen LogP contribution in [0.25, 0.3) is 0 Å². The molecule has 5 heteroatoms. The lowest BCUT2D eigenvalue weighted by Crippen LogP contribution is -2.35. The van der Waals surface area contributed by atoms with Gasteiger partial charge in [0.2, 0.25) is 5.13 Å². The number of carbonyl (C=O) groups is 1. The van der Waals surface area contributed by atoms with E-state index in [2.05, 4.69) is 10.2 Å². The largest absolute Gasteiger partial charge is 0.339 e. The third-order valence-corrected chi connectivity index (χ3v) is 2.94. The molecule has 1 aliphatic heterocycles. The first-order valence-electron chi connectivity index (χ1n) is 4.32. The minimum Gasteiger partial charge on any atom is -0.339 e. The van der Waals surface area contributed by atoms with Crippen molar-refractivity contribution >= 4 is 22.3 Å². The van der Waals surface area contributed by atoms with E-state index in [1.54, 1.807) is 11.3 Å². The number of hydrogen-bond acceptors (Lipinski definition) is 5. The first-order chi connectivity index (χ1) is 6.25. The van der Waals surface area contributed by atoms with E-state index in [1.807, 2.05) is 11.8 Å². The van der Waals surface area contributed by atoms with Crippen LogP contribution in [0.15, 0.2) is 0 Å². The van der Waals surface area contributed by atoms with Gasteiger partial charge in [-0.3, -0.25) is 4.79 Å². The second kappa shape index (κ2) is 3.41. The number of nitrogens with zero attached hydrogens (tertiary/aromatic N) is 3. The Labute approximate surface area is 80.6 Å². The van der Waals surface area contributed by atoms with E-state index in [9.17, 15) is 4.79 Å². The van der Waals surface area contributed by atoms with Crippen LogP contribution in [-0.4, -0.2) is 29.1 Å². The number of carbonyl (C=O) groups excluding carboxylic acids is 1. The van der Waals surface area contributed by atoms with Gasteiger partial charge in [0.05, 0.1) is 6.54 Å². The predicted molar refractivity (Wildman–Crippen MR) is 51.1 cm³/mol. The van der Waals surface area contributed by atoms with E-state index in [-0.39, 0.29) is 0 Å². The lowest BCUT2D eigenvalue weighted by molar-refractivity contribution is -0.118. The summed E-state index contributed by atoms with van der Waals surface area (Å²) in [5, 5.41) is 9.78. The van der Waals surface area contributed by atoms with Crippen LogP contribution < -0.4 is 4.90 Å². The van der Waals surface area contributed by atoms with Crippen molar-refractivity contribution in [1.82, 2.24) is 10.2 Å². The lowest BCUT2D eigenvalue weighted by atomic mass is 10.1. The van der Waals surface area contributed by atoms with Crippen LogP contribution in [0.2, 0.25) is 0 Å². The molecular weight excluding hydrogens is 186 g/mol. The summed E-state index contributed by atoms with van der Waals surface area (Å²) in [4.78, 5) is 13.2. The molecule has 4 nitrogen and oxygen atoms in total. The normalized spacial score (nSPS) is 17.9. The summed E-state index contributed by atoms with van der Waals surface area (Å²) in [6.07, 6.45) is 1.66. The van der Waals surface area contributed by atoms with E-state index < -0.39 is 0 Å². The number of Topliss-reactive ketones (excluding diaryl/α,β-unsaturated/α-hetero) is 1. The number of piperidine rings is 1. The summed E-state index contributed by atoms with van der Waals surface area (Å²) in [7, 11) is 0. The summed E-state index contributed by atoms with van der Waals surface area (Å²) < 4.78 is 0. The maximum Gasteiger partial charge on any atom is 0.208 e. The molecule has 0 bridgehead atoms. The summed E-state index contributed by atoms with van der Waals surface area (Å²) in [6.45, 7) is 3.36. The lowest BCUT2D eigenvalue weighted by Gasteiger charge is -2.24. The molecule has 0 aliphatic carbocycles. The first-order valence-corrected chi connectivity index (χ1v) is 5.14. The maximum atomic E-state index is 11.2. The van der Waals surface area contributed by atoms with Crippen LogP contribution in [0.5, 0.6) is 0 Å². The fourth-order valence-corrected chi connectivity index (χ4v) is 2.13. The monoisotopic (exact) mass is 197 g/mol. The highest BCUT2D eigenvalue weighted by Crippen LogP contribution is 2.21. The molecule has 2 rings (SSSR count). The van der Waals surface area contributed by atoms with E-state index in [0.29, 0.717) is 18.7 Å².